The minimum Gasteiger partial charge on any atom is -0.347 e. The van der Waals surface area contributed by atoms with E-state index in [0.717, 1.165) is 18.2 Å². The minimum absolute atomic E-state index is 0.193. The number of nitro benzene ring substituents is 1. The van der Waals surface area contributed by atoms with Crippen LogP contribution in [0.2, 0.25) is 5.02 Å². The third-order valence-corrected chi connectivity index (χ3v) is 4.46. The number of hydrazine groups is 1. The Balaban J connectivity index is 2.20. The van der Waals surface area contributed by atoms with Crippen molar-refractivity contribution in [3.05, 3.63) is 57.4 Å². The van der Waals surface area contributed by atoms with Crippen molar-refractivity contribution in [2.24, 2.45) is 7.05 Å². The molecule has 23 heavy (non-hydrogen) atoms. The Hall–Kier alpha value is -2.43. The highest BCUT2D eigenvalue weighted by atomic mass is 35.5. The summed E-state index contributed by atoms with van der Waals surface area (Å²) in [7, 11) is -2.57. The Labute approximate surface area is 136 Å². The molecule has 0 bridgehead atoms. The predicted molar refractivity (Wildman–Crippen MR) is 81.3 cm³/mol. The van der Waals surface area contributed by atoms with Gasteiger partial charge < -0.3 is 4.57 Å². The third-order valence-electron chi connectivity index (χ3n) is 2.90. The lowest BCUT2D eigenvalue weighted by Gasteiger charge is -2.09. The molecule has 122 valence electrons. The van der Waals surface area contributed by atoms with E-state index in [1.165, 1.54) is 10.6 Å². The van der Waals surface area contributed by atoms with Gasteiger partial charge in [0.25, 0.3) is 21.6 Å². The molecule has 0 aliphatic heterocycles. The second-order valence-electron chi connectivity index (χ2n) is 4.43. The summed E-state index contributed by atoms with van der Waals surface area (Å²) in [5.74, 6) is -0.676. The van der Waals surface area contributed by atoms with Crippen molar-refractivity contribution in [2.45, 2.75) is 4.90 Å². The first-order valence-corrected chi connectivity index (χ1v) is 7.96. The number of carbonyl (C=O) groups excluding carboxylic acids is 1. The van der Waals surface area contributed by atoms with Crippen LogP contribution in [0, 0.1) is 10.1 Å². The number of halogens is 1. The number of benzene rings is 1. The topological polar surface area (TPSA) is 123 Å². The Morgan fingerprint density at radius 2 is 2.04 bits per heavy atom. The number of aromatic nitrogens is 1. The van der Waals surface area contributed by atoms with Crippen molar-refractivity contribution >= 4 is 33.2 Å². The van der Waals surface area contributed by atoms with Gasteiger partial charge in [0.2, 0.25) is 0 Å². The van der Waals surface area contributed by atoms with E-state index in [4.69, 9.17) is 11.6 Å². The summed E-state index contributed by atoms with van der Waals surface area (Å²) in [6.45, 7) is 0. The van der Waals surface area contributed by atoms with Crippen molar-refractivity contribution < 1.29 is 18.1 Å². The van der Waals surface area contributed by atoms with Crippen LogP contribution in [-0.4, -0.2) is 23.8 Å². The lowest BCUT2D eigenvalue weighted by molar-refractivity contribution is -0.384. The molecular formula is C12H11ClN4O5S. The maximum Gasteiger partial charge on any atom is 0.289 e. The van der Waals surface area contributed by atoms with Crippen molar-refractivity contribution in [1.82, 2.24) is 14.8 Å². The van der Waals surface area contributed by atoms with Crippen LogP contribution >= 0.6 is 11.6 Å². The fourth-order valence-corrected chi connectivity index (χ4v) is 2.78. The van der Waals surface area contributed by atoms with Crippen LogP contribution in [0.15, 0.2) is 41.4 Å². The van der Waals surface area contributed by atoms with Crippen LogP contribution in [0.25, 0.3) is 0 Å². The highest BCUT2D eigenvalue weighted by Gasteiger charge is 2.21. The summed E-state index contributed by atoms with van der Waals surface area (Å²) in [4.78, 5) is 23.3. The van der Waals surface area contributed by atoms with E-state index in [9.17, 15) is 23.3 Å². The average molecular weight is 359 g/mol. The van der Waals surface area contributed by atoms with Crippen molar-refractivity contribution in [2.75, 3.05) is 0 Å². The van der Waals surface area contributed by atoms with Crippen LogP contribution in [0.1, 0.15) is 10.5 Å². The number of carbonyl (C=O) groups is 1. The van der Waals surface area contributed by atoms with Gasteiger partial charge in [0, 0.05) is 19.3 Å². The first-order chi connectivity index (χ1) is 10.7. The van der Waals surface area contributed by atoms with E-state index in [-0.39, 0.29) is 10.7 Å². The quantitative estimate of drug-likeness (QED) is 0.614. The molecule has 0 aliphatic carbocycles. The lowest BCUT2D eigenvalue weighted by Crippen LogP contribution is -2.42. The molecule has 0 atom stereocenters. The predicted octanol–water partition coefficient (Wildman–Crippen LogP) is 1.21. The second kappa shape index (κ2) is 6.36. The van der Waals surface area contributed by atoms with Gasteiger partial charge in [0.1, 0.15) is 10.7 Å². The second-order valence-corrected chi connectivity index (χ2v) is 6.52. The van der Waals surface area contributed by atoms with E-state index in [2.05, 4.69) is 0 Å². The molecule has 2 rings (SSSR count). The Kier molecular flexibility index (Phi) is 4.68. The molecule has 0 saturated heterocycles. The molecule has 2 aromatic rings. The first kappa shape index (κ1) is 16.9. The van der Waals surface area contributed by atoms with Gasteiger partial charge in [-0.3, -0.25) is 20.3 Å². The van der Waals surface area contributed by atoms with Gasteiger partial charge in [0.15, 0.2) is 0 Å². The SMILES string of the molecule is Cn1cccc1C(=O)NNS(=O)(=O)c1ccc(Cl)c([N+](=O)[O-])c1. The molecule has 1 heterocycles. The molecule has 0 saturated carbocycles. The van der Waals surface area contributed by atoms with E-state index in [1.54, 1.807) is 19.3 Å². The van der Waals surface area contributed by atoms with Crippen molar-refractivity contribution in [3.63, 3.8) is 0 Å². The maximum absolute atomic E-state index is 12.1. The number of nitrogens with one attached hydrogen (secondary N) is 2. The molecule has 1 aromatic heterocycles. The zero-order valence-electron chi connectivity index (χ0n) is 11.7. The number of aryl methyl sites for hydroxylation is 1. The highest BCUT2D eigenvalue weighted by Crippen LogP contribution is 2.26. The van der Waals surface area contributed by atoms with E-state index in [1.807, 2.05) is 10.3 Å². The van der Waals surface area contributed by atoms with Crippen LogP contribution in [0.3, 0.4) is 0 Å². The van der Waals surface area contributed by atoms with Crippen LogP contribution < -0.4 is 10.3 Å². The monoisotopic (exact) mass is 358 g/mol. The zero-order chi connectivity index (χ0) is 17.2. The Morgan fingerprint density at radius 1 is 1.35 bits per heavy atom. The Bertz CT molecular complexity index is 877. The molecule has 0 aliphatic rings. The smallest absolute Gasteiger partial charge is 0.289 e. The fourth-order valence-electron chi connectivity index (χ4n) is 1.73. The molecule has 0 radical (unpaired) electrons. The van der Waals surface area contributed by atoms with Crippen LogP contribution in [-0.2, 0) is 17.1 Å². The van der Waals surface area contributed by atoms with Gasteiger partial charge in [-0.05, 0) is 24.3 Å². The van der Waals surface area contributed by atoms with Crippen molar-refractivity contribution in [1.29, 1.82) is 0 Å². The van der Waals surface area contributed by atoms with E-state index in [0.29, 0.717) is 0 Å². The summed E-state index contributed by atoms with van der Waals surface area (Å²) >= 11 is 5.62. The van der Waals surface area contributed by atoms with Gasteiger partial charge >= 0.3 is 0 Å². The maximum atomic E-state index is 12.1. The highest BCUT2D eigenvalue weighted by molar-refractivity contribution is 7.89. The number of rotatable bonds is 5. The number of amides is 1. The average Bonchev–Trinajstić information content (AvgIpc) is 2.91. The van der Waals surface area contributed by atoms with E-state index >= 15 is 0 Å². The van der Waals surface area contributed by atoms with Crippen LogP contribution in [0.5, 0.6) is 0 Å². The van der Waals surface area contributed by atoms with E-state index < -0.39 is 31.4 Å². The molecule has 1 aromatic carbocycles. The molecule has 9 nitrogen and oxygen atoms in total. The first-order valence-electron chi connectivity index (χ1n) is 6.10. The number of hydrogen-bond acceptors (Lipinski definition) is 5. The number of hydrogen-bond donors (Lipinski definition) is 2. The van der Waals surface area contributed by atoms with Gasteiger partial charge in [-0.15, -0.1) is 4.83 Å². The number of nitro groups is 1. The van der Waals surface area contributed by atoms with Gasteiger partial charge in [-0.1, -0.05) is 11.6 Å². The third kappa shape index (κ3) is 3.67. The standard InChI is InChI=1S/C12H11ClN4O5S/c1-16-6-2-3-10(16)12(18)14-15-23(21,22)8-4-5-9(13)11(7-8)17(19)20/h2-7,15H,1H3,(H,14,18). The largest absolute Gasteiger partial charge is 0.347 e. The molecule has 0 spiro atoms. The molecule has 0 fully saturated rings. The zero-order valence-corrected chi connectivity index (χ0v) is 13.3. The minimum atomic E-state index is -4.19. The van der Waals surface area contributed by atoms with Gasteiger partial charge in [-0.2, -0.15) is 0 Å². The summed E-state index contributed by atoms with van der Waals surface area (Å²) < 4.78 is 25.7. The molecule has 2 N–H and O–H groups in total. The summed E-state index contributed by atoms with van der Waals surface area (Å²) in [6.07, 6.45) is 1.62. The number of nitrogens with zero attached hydrogens (tertiary/aromatic N) is 2. The van der Waals surface area contributed by atoms with Gasteiger partial charge in [0.05, 0.1) is 9.82 Å². The van der Waals surface area contributed by atoms with Crippen molar-refractivity contribution in [3.8, 4) is 0 Å². The lowest BCUT2D eigenvalue weighted by atomic mass is 10.3. The molecular weight excluding hydrogens is 348 g/mol. The van der Waals surface area contributed by atoms with Gasteiger partial charge in [-0.25, -0.2) is 8.42 Å². The van der Waals surface area contributed by atoms with Crippen LogP contribution in [0.4, 0.5) is 5.69 Å². The molecule has 0 unspecified atom stereocenters. The molecule has 11 heteroatoms. The molecule has 1 amide bonds. The summed E-state index contributed by atoms with van der Waals surface area (Å²) in [5.41, 5.74) is 1.71. The Morgan fingerprint density at radius 3 is 2.61 bits per heavy atom. The summed E-state index contributed by atoms with van der Waals surface area (Å²) in [6, 6.07) is 6.10. The number of sulfonamides is 1. The summed E-state index contributed by atoms with van der Waals surface area (Å²) in [5, 5.41) is 10.6. The normalized spacial score (nSPS) is 11.2. The fraction of sp³-hybridized carbons (Fsp3) is 0.0833.